The number of phenolic OH excluding ortho intramolecular Hbond substituents is 1. The molecule has 0 fully saturated rings. The van der Waals surface area contributed by atoms with Crippen molar-refractivity contribution in [2.45, 2.75) is 18.8 Å². The minimum absolute atomic E-state index is 0.164. The van der Waals surface area contributed by atoms with Crippen LogP contribution in [0.1, 0.15) is 29.9 Å². The number of nitrogens with one attached hydrogen (secondary N) is 1. The van der Waals surface area contributed by atoms with Gasteiger partial charge in [0.05, 0.1) is 6.54 Å². The van der Waals surface area contributed by atoms with Crippen LogP contribution in [0.4, 0.5) is 5.69 Å². The molecule has 19 heavy (non-hydrogen) atoms. The zero-order valence-corrected chi connectivity index (χ0v) is 10.8. The van der Waals surface area contributed by atoms with Crippen LogP contribution in [0.5, 0.6) is 5.75 Å². The Kier molecular flexibility index (Phi) is 3.01. The largest absolute Gasteiger partial charge is 0.629 e. The lowest BCUT2D eigenvalue weighted by atomic mass is 9.84. The van der Waals surface area contributed by atoms with E-state index in [4.69, 9.17) is 0 Å². The van der Waals surface area contributed by atoms with Gasteiger partial charge in [-0.1, -0.05) is 37.3 Å². The molecule has 1 heterocycles. The molecule has 0 spiro atoms. The Labute approximate surface area is 112 Å². The van der Waals surface area contributed by atoms with Crippen LogP contribution >= 0.6 is 0 Å². The van der Waals surface area contributed by atoms with E-state index in [9.17, 15) is 10.3 Å². The van der Waals surface area contributed by atoms with Crippen LogP contribution in [0.3, 0.4) is 0 Å². The first-order valence-corrected chi connectivity index (χ1v) is 6.58. The molecule has 2 aromatic carbocycles. The van der Waals surface area contributed by atoms with Gasteiger partial charge in [0.1, 0.15) is 11.4 Å². The lowest BCUT2D eigenvalue weighted by Gasteiger charge is -2.20. The first-order valence-electron chi connectivity index (χ1n) is 6.58. The molecule has 3 atom stereocenters. The maximum atomic E-state index is 12.0. The molecule has 3 heteroatoms. The summed E-state index contributed by atoms with van der Waals surface area (Å²) in [6, 6.07) is 15.3. The van der Waals surface area contributed by atoms with Gasteiger partial charge in [0.15, 0.2) is 0 Å². The fraction of sp³-hybridized carbons (Fsp3) is 0.250. The highest BCUT2D eigenvalue weighted by molar-refractivity contribution is 5.50. The van der Waals surface area contributed by atoms with Gasteiger partial charge in [-0.25, -0.2) is 0 Å². The van der Waals surface area contributed by atoms with E-state index >= 15 is 0 Å². The number of fused-ring (bicyclic) bond motifs is 1. The summed E-state index contributed by atoms with van der Waals surface area (Å²) in [5.74, 6) is 0.670. The maximum absolute atomic E-state index is 12.0. The predicted octanol–water partition coefficient (Wildman–Crippen LogP) is 2.31. The smallest absolute Gasteiger partial charge is 0.135 e. The highest BCUT2D eigenvalue weighted by atomic mass is 16.5. The molecule has 2 N–H and O–H groups in total. The number of phenols is 1. The lowest BCUT2D eigenvalue weighted by Crippen LogP contribution is -3.00. The highest BCUT2D eigenvalue weighted by Crippen LogP contribution is 2.39. The SMILES string of the molecule is CC(c1ccccc1)C1C[NH+]([O-])c2ccc(O)cc21. The second-order valence-corrected chi connectivity index (χ2v) is 5.20. The second kappa shape index (κ2) is 4.68. The Morgan fingerprint density at radius 2 is 1.95 bits per heavy atom. The Balaban J connectivity index is 1.98. The van der Waals surface area contributed by atoms with Crippen molar-refractivity contribution in [1.82, 2.24) is 0 Å². The van der Waals surface area contributed by atoms with Gasteiger partial charge in [-0.05, 0) is 23.6 Å². The van der Waals surface area contributed by atoms with Crippen LogP contribution in [0.25, 0.3) is 0 Å². The predicted molar refractivity (Wildman–Crippen MR) is 74.6 cm³/mol. The van der Waals surface area contributed by atoms with Crippen molar-refractivity contribution in [2.75, 3.05) is 6.54 Å². The van der Waals surface area contributed by atoms with Crippen molar-refractivity contribution in [2.24, 2.45) is 0 Å². The molecule has 0 amide bonds. The highest BCUT2D eigenvalue weighted by Gasteiger charge is 2.34. The molecule has 0 radical (unpaired) electrons. The molecule has 0 saturated carbocycles. The van der Waals surface area contributed by atoms with Crippen LogP contribution in [-0.2, 0) is 0 Å². The van der Waals surface area contributed by atoms with Crippen molar-refractivity contribution in [1.29, 1.82) is 0 Å². The quantitative estimate of drug-likeness (QED) is 0.639. The van der Waals surface area contributed by atoms with Crippen molar-refractivity contribution in [3.63, 3.8) is 0 Å². The molecule has 0 saturated heterocycles. The second-order valence-electron chi connectivity index (χ2n) is 5.20. The summed E-state index contributed by atoms with van der Waals surface area (Å²) < 4.78 is 0. The summed E-state index contributed by atoms with van der Waals surface area (Å²) in [4.78, 5) is 0. The van der Waals surface area contributed by atoms with Crippen LogP contribution < -0.4 is 5.06 Å². The van der Waals surface area contributed by atoms with E-state index in [1.807, 2.05) is 18.2 Å². The van der Waals surface area contributed by atoms with E-state index in [0.717, 1.165) is 11.3 Å². The van der Waals surface area contributed by atoms with Gasteiger partial charge in [0, 0.05) is 17.5 Å². The van der Waals surface area contributed by atoms with Gasteiger partial charge in [-0.2, -0.15) is 0 Å². The van der Waals surface area contributed by atoms with Gasteiger partial charge < -0.3 is 15.4 Å². The lowest BCUT2D eigenvalue weighted by molar-refractivity contribution is -0.770. The first-order chi connectivity index (χ1) is 9.16. The molecule has 0 aliphatic carbocycles. The maximum Gasteiger partial charge on any atom is 0.135 e. The summed E-state index contributed by atoms with van der Waals surface area (Å²) in [6.07, 6.45) is 0. The summed E-state index contributed by atoms with van der Waals surface area (Å²) in [5.41, 5.74) is 2.99. The summed E-state index contributed by atoms with van der Waals surface area (Å²) in [7, 11) is 0. The fourth-order valence-electron chi connectivity index (χ4n) is 2.97. The van der Waals surface area contributed by atoms with Gasteiger partial charge in [0.25, 0.3) is 0 Å². The number of rotatable bonds is 2. The van der Waals surface area contributed by atoms with Gasteiger partial charge in [-0.15, -0.1) is 0 Å². The third-order valence-corrected chi connectivity index (χ3v) is 4.07. The molecular formula is C16H17NO2. The standard InChI is InChI=1S/C16H17NO2/c1-11(12-5-3-2-4-6-12)15-10-17(19)16-8-7-13(18)9-14(15)16/h2-9,11,15,17-18H,10H2,1H3. The van der Waals surface area contributed by atoms with Crippen molar-refractivity contribution in [3.05, 3.63) is 64.9 Å². The van der Waals surface area contributed by atoms with E-state index in [1.54, 1.807) is 18.2 Å². The Morgan fingerprint density at radius 3 is 2.68 bits per heavy atom. The number of hydroxylamine groups is 1. The monoisotopic (exact) mass is 255 g/mol. The molecular weight excluding hydrogens is 238 g/mol. The number of aromatic hydroxyl groups is 1. The Hall–Kier alpha value is -1.84. The van der Waals surface area contributed by atoms with E-state index < -0.39 is 0 Å². The fourth-order valence-corrected chi connectivity index (χ4v) is 2.97. The Bertz CT molecular complexity index is 583. The summed E-state index contributed by atoms with van der Waals surface area (Å²) in [6.45, 7) is 2.68. The average molecular weight is 255 g/mol. The number of hydrogen-bond donors (Lipinski definition) is 2. The molecule has 3 rings (SSSR count). The molecule has 3 unspecified atom stereocenters. The molecule has 0 aromatic heterocycles. The van der Waals surface area contributed by atoms with Crippen LogP contribution in [0.2, 0.25) is 0 Å². The number of benzene rings is 2. The van der Waals surface area contributed by atoms with Crippen molar-refractivity contribution in [3.8, 4) is 5.75 Å². The van der Waals surface area contributed by atoms with Crippen molar-refractivity contribution < 1.29 is 10.2 Å². The van der Waals surface area contributed by atoms with Crippen LogP contribution in [0.15, 0.2) is 48.5 Å². The molecule has 1 aliphatic rings. The third-order valence-electron chi connectivity index (χ3n) is 4.07. The number of hydrogen-bond acceptors (Lipinski definition) is 2. The normalized spacial score (nSPS) is 23.1. The van der Waals surface area contributed by atoms with E-state index in [2.05, 4.69) is 19.1 Å². The minimum atomic E-state index is 0.164. The van der Waals surface area contributed by atoms with Gasteiger partial charge in [-0.3, -0.25) is 0 Å². The van der Waals surface area contributed by atoms with E-state index in [-0.39, 0.29) is 22.6 Å². The van der Waals surface area contributed by atoms with Gasteiger partial charge >= 0.3 is 0 Å². The third kappa shape index (κ3) is 2.11. The topological polar surface area (TPSA) is 47.7 Å². The van der Waals surface area contributed by atoms with E-state index in [1.165, 1.54) is 5.56 Å². The first kappa shape index (κ1) is 12.2. The molecule has 0 bridgehead atoms. The zero-order valence-electron chi connectivity index (χ0n) is 10.8. The van der Waals surface area contributed by atoms with Gasteiger partial charge in [0.2, 0.25) is 0 Å². The minimum Gasteiger partial charge on any atom is -0.629 e. The number of quaternary nitrogens is 1. The average Bonchev–Trinajstić information content (AvgIpc) is 2.75. The molecule has 1 aliphatic heterocycles. The van der Waals surface area contributed by atoms with Crippen LogP contribution in [-0.4, -0.2) is 11.7 Å². The molecule has 3 nitrogen and oxygen atoms in total. The van der Waals surface area contributed by atoms with Crippen LogP contribution in [0, 0.1) is 5.21 Å². The molecule has 98 valence electrons. The van der Waals surface area contributed by atoms with E-state index in [0.29, 0.717) is 6.54 Å². The summed E-state index contributed by atoms with van der Waals surface area (Å²) in [5, 5.41) is 21.9. The van der Waals surface area contributed by atoms with Crippen molar-refractivity contribution >= 4 is 5.69 Å². The molecule has 2 aromatic rings. The zero-order chi connectivity index (χ0) is 13.4. The summed E-state index contributed by atoms with van der Waals surface area (Å²) >= 11 is 0. The Morgan fingerprint density at radius 1 is 1.21 bits per heavy atom.